The van der Waals surface area contributed by atoms with Gasteiger partial charge in [0.25, 0.3) is 0 Å². The number of nitrogens with zero attached hydrogens (tertiary/aromatic N) is 1. The van der Waals surface area contributed by atoms with Crippen LogP contribution in [0.25, 0.3) is 0 Å². The number of aliphatic hydroxyl groups is 1. The van der Waals surface area contributed by atoms with Crippen LogP contribution >= 0.6 is 0 Å². The molecule has 0 bridgehead atoms. The Morgan fingerprint density at radius 1 is 1.32 bits per heavy atom. The Labute approximate surface area is 130 Å². The molecule has 1 aromatic carbocycles. The molecule has 0 radical (unpaired) electrons. The molecule has 0 aliphatic heterocycles. The van der Waals surface area contributed by atoms with Gasteiger partial charge in [-0.05, 0) is 30.7 Å². The third kappa shape index (κ3) is 3.88. The molecule has 2 N–H and O–H groups in total. The highest BCUT2D eigenvalue weighted by Gasteiger charge is 2.16. The lowest BCUT2D eigenvalue weighted by Gasteiger charge is -2.13. The fourth-order valence-electron chi connectivity index (χ4n) is 2.15. The predicted octanol–water partition coefficient (Wildman–Crippen LogP) is 1.44. The van der Waals surface area contributed by atoms with Gasteiger partial charge in [0.15, 0.2) is 0 Å². The average Bonchev–Trinajstić information content (AvgIpc) is 2.93. The van der Waals surface area contributed by atoms with Gasteiger partial charge in [0.1, 0.15) is 5.75 Å². The summed E-state index contributed by atoms with van der Waals surface area (Å²) in [5.74, 6) is 0.478. The van der Waals surface area contributed by atoms with Crippen LogP contribution in [0.5, 0.6) is 5.75 Å². The van der Waals surface area contributed by atoms with Crippen LogP contribution in [0.1, 0.15) is 18.2 Å². The summed E-state index contributed by atoms with van der Waals surface area (Å²) < 4.78 is 33.7. The Balaban J connectivity index is 1.97. The number of methoxy groups -OCH3 is 1. The molecular weight excluding hydrogens is 304 g/mol. The first-order valence-electron chi connectivity index (χ1n) is 6.87. The topological polar surface area (TPSA) is 80.6 Å². The summed E-state index contributed by atoms with van der Waals surface area (Å²) in [7, 11) is -0.302. The summed E-state index contributed by atoms with van der Waals surface area (Å²) >= 11 is 0. The fraction of sp³-hybridized carbons (Fsp3) is 0.333. The quantitative estimate of drug-likeness (QED) is 0.807. The van der Waals surface area contributed by atoms with Gasteiger partial charge >= 0.3 is 0 Å². The lowest BCUT2D eigenvalue weighted by atomic mass is 10.2. The number of ether oxygens (including phenoxy) is 1. The van der Waals surface area contributed by atoms with Crippen LogP contribution < -0.4 is 9.46 Å². The van der Waals surface area contributed by atoms with Gasteiger partial charge in [-0.15, -0.1) is 0 Å². The Bertz CT molecular complexity index is 725. The Morgan fingerprint density at radius 2 is 2.09 bits per heavy atom. The molecule has 1 unspecified atom stereocenters. The molecule has 0 aliphatic rings. The van der Waals surface area contributed by atoms with E-state index in [1.165, 1.54) is 19.2 Å². The number of sulfonamides is 1. The number of rotatable bonds is 7. The third-order valence-electron chi connectivity index (χ3n) is 3.39. The molecule has 0 saturated carbocycles. The highest BCUT2D eigenvalue weighted by Crippen LogP contribution is 2.18. The largest absolute Gasteiger partial charge is 0.497 e. The van der Waals surface area contributed by atoms with Gasteiger partial charge in [0.05, 0.1) is 18.1 Å². The number of aryl methyl sites for hydroxylation is 1. The Kier molecular flexibility index (Phi) is 5.23. The van der Waals surface area contributed by atoms with Crippen molar-refractivity contribution < 1.29 is 18.3 Å². The lowest BCUT2D eigenvalue weighted by molar-refractivity contribution is 0.161. The molecule has 2 rings (SSSR count). The summed E-state index contributed by atoms with van der Waals surface area (Å²) in [6.45, 7) is 0.145. The first-order chi connectivity index (χ1) is 10.4. The zero-order valence-corrected chi connectivity index (χ0v) is 13.4. The SMILES string of the molecule is COc1cccc(S(=O)(=O)NCCC(O)c2cccn2C)c1. The van der Waals surface area contributed by atoms with Gasteiger partial charge in [-0.2, -0.15) is 0 Å². The maximum Gasteiger partial charge on any atom is 0.240 e. The number of aliphatic hydroxyl groups excluding tert-OH is 1. The highest BCUT2D eigenvalue weighted by atomic mass is 32.2. The molecule has 7 heteroatoms. The van der Waals surface area contributed by atoms with Crippen molar-refractivity contribution in [3.63, 3.8) is 0 Å². The normalized spacial score (nSPS) is 13.0. The van der Waals surface area contributed by atoms with Crippen molar-refractivity contribution in [1.29, 1.82) is 0 Å². The van der Waals surface area contributed by atoms with E-state index in [1.807, 2.05) is 19.3 Å². The Hall–Kier alpha value is -1.83. The molecule has 1 aromatic heterocycles. The molecule has 22 heavy (non-hydrogen) atoms. The van der Waals surface area contributed by atoms with Gasteiger partial charge in [-0.3, -0.25) is 0 Å². The summed E-state index contributed by atoms with van der Waals surface area (Å²) in [6, 6.07) is 9.89. The maximum atomic E-state index is 12.2. The fourth-order valence-corrected chi connectivity index (χ4v) is 3.23. The first-order valence-corrected chi connectivity index (χ1v) is 8.35. The van der Waals surface area contributed by atoms with Crippen LogP contribution in [0.3, 0.4) is 0 Å². The monoisotopic (exact) mass is 324 g/mol. The van der Waals surface area contributed by atoms with Crippen molar-refractivity contribution in [2.45, 2.75) is 17.4 Å². The predicted molar refractivity (Wildman–Crippen MR) is 83.2 cm³/mol. The van der Waals surface area contributed by atoms with Crippen molar-refractivity contribution in [2.24, 2.45) is 7.05 Å². The molecule has 2 aromatic rings. The minimum atomic E-state index is -3.62. The van der Waals surface area contributed by atoms with Gasteiger partial charge in [0.2, 0.25) is 10.0 Å². The number of hydrogen-bond acceptors (Lipinski definition) is 4. The van der Waals surface area contributed by atoms with Crippen LogP contribution in [-0.4, -0.2) is 31.7 Å². The molecule has 0 spiro atoms. The van der Waals surface area contributed by atoms with E-state index in [1.54, 1.807) is 22.8 Å². The van der Waals surface area contributed by atoms with Crippen molar-refractivity contribution in [1.82, 2.24) is 9.29 Å². The van der Waals surface area contributed by atoms with E-state index < -0.39 is 16.1 Å². The molecule has 0 fully saturated rings. The number of aromatic nitrogens is 1. The van der Waals surface area contributed by atoms with E-state index in [-0.39, 0.29) is 11.4 Å². The summed E-state index contributed by atoms with van der Waals surface area (Å²) in [5.41, 5.74) is 0.751. The number of nitrogens with one attached hydrogen (secondary N) is 1. The van der Waals surface area contributed by atoms with Crippen molar-refractivity contribution in [3.8, 4) is 5.75 Å². The van der Waals surface area contributed by atoms with E-state index in [2.05, 4.69) is 4.72 Å². The number of benzene rings is 1. The van der Waals surface area contributed by atoms with E-state index >= 15 is 0 Å². The summed E-state index contributed by atoms with van der Waals surface area (Å²) in [6.07, 6.45) is 1.41. The molecule has 6 nitrogen and oxygen atoms in total. The third-order valence-corrected chi connectivity index (χ3v) is 4.85. The van der Waals surface area contributed by atoms with Gasteiger partial charge in [0, 0.05) is 31.5 Å². The van der Waals surface area contributed by atoms with Crippen LogP contribution in [0.4, 0.5) is 0 Å². The van der Waals surface area contributed by atoms with Crippen LogP contribution in [0.2, 0.25) is 0 Å². The molecular formula is C15H20N2O4S. The molecule has 1 heterocycles. The first kappa shape index (κ1) is 16.5. The van der Waals surface area contributed by atoms with Crippen LogP contribution in [0.15, 0.2) is 47.5 Å². The van der Waals surface area contributed by atoms with Crippen LogP contribution in [-0.2, 0) is 17.1 Å². The zero-order chi connectivity index (χ0) is 16.2. The highest BCUT2D eigenvalue weighted by molar-refractivity contribution is 7.89. The molecule has 120 valence electrons. The van der Waals surface area contributed by atoms with E-state index in [0.717, 1.165) is 5.69 Å². The molecule has 0 aliphatic carbocycles. The van der Waals surface area contributed by atoms with Gasteiger partial charge in [-0.25, -0.2) is 13.1 Å². The standard InChI is InChI=1S/C15H20N2O4S/c1-17-10-4-7-14(17)15(18)8-9-16-22(19,20)13-6-3-5-12(11-13)21-2/h3-7,10-11,15-16,18H,8-9H2,1-2H3. The lowest BCUT2D eigenvalue weighted by Crippen LogP contribution is -2.26. The van der Waals surface area contributed by atoms with Crippen molar-refractivity contribution in [2.75, 3.05) is 13.7 Å². The van der Waals surface area contributed by atoms with Crippen molar-refractivity contribution in [3.05, 3.63) is 48.3 Å². The van der Waals surface area contributed by atoms with Gasteiger partial charge < -0.3 is 14.4 Å². The van der Waals surface area contributed by atoms with Crippen molar-refractivity contribution >= 4 is 10.0 Å². The minimum absolute atomic E-state index is 0.139. The second-order valence-corrected chi connectivity index (χ2v) is 6.69. The Morgan fingerprint density at radius 3 is 2.73 bits per heavy atom. The zero-order valence-electron chi connectivity index (χ0n) is 12.6. The number of hydrogen-bond donors (Lipinski definition) is 2. The average molecular weight is 324 g/mol. The molecule has 0 amide bonds. The summed E-state index contributed by atoms with van der Waals surface area (Å²) in [4.78, 5) is 0.139. The second kappa shape index (κ2) is 6.95. The van der Waals surface area contributed by atoms with E-state index in [0.29, 0.717) is 12.2 Å². The second-order valence-electron chi connectivity index (χ2n) is 4.93. The maximum absolute atomic E-state index is 12.2. The van der Waals surface area contributed by atoms with E-state index in [9.17, 15) is 13.5 Å². The smallest absolute Gasteiger partial charge is 0.240 e. The van der Waals surface area contributed by atoms with Crippen LogP contribution in [0, 0.1) is 0 Å². The van der Waals surface area contributed by atoms with E-state index in [4.69, 9.17) is 4.74 Å². The summed E-state index contributed by atoms with van der Waals surface area (Å²) in [5, 5.41) is 10.1. The minimum Gasteiger partial charge on any atom is -0.497 e. The van der Waals surface area contributed by atoms with Gasteiger partial charge in [-0.1, -0.05) is 6.07 Å². The molecule has 1 atom stereocenters. The molecule has 0 saturated heterocycles.